The van der Waals surface area contributed by atoms with Crippen molar-refractivity contribution in [3.8, 4) is 55.6 Å². The number of hydrogen-bond donors (Lipinski definition) is 0. The van der Waals surface area contributed by atoms with Crippen molar-refractivity contribution in [1.82, 2.24) is 0 Å². The molecular weight excluding hydrogens is 787 g/mol. The lowest BCUT2D eigenvalue weighted by atomic mass is 9.77. The van der Waals surface area contributed by atoms with Crippen molar-refractivity contribution < 1.29 is 4.42 Å². The Morgan fingerprint density at radius 3 is 1.66 bits per heavy atom. The Labute approximate surface area is 381 Å². The van der Waals surface area contributed by atoms with Crippen molar-refractivity contribution in [2.45, 2.75) is 57.8 Å². The smallest absolute Gasteiger partial charge is 0.143 e. The first-order valence-electron chi connectivity index (χ1n) is 23.1. The van der Waals surface area contributed by atoms with Crippen LogP contribution in [0.15, 0.2) is 192 Å². The standard InChI is InChI=1S/C63H49NO/c1-61(2)50-24-13-10-19-44(50)45-33-32-42(36-53(45)61)64(41-30-27-39(28-31-41)43-22-16-23-47-46-20-12-15-26-56(46)65-60(43)47)59-57-48-21-11-14-25-51(48)62(3,4)54(57)37-55-58(59)49-35-40(38-17-8-7-9-18-38)29-34-52(49)63(55,5)6/h7-37H,1-6H3. The lowest BCUT2D eigenvalue weighted by Gasteiger charge is -2.33. The minimum absolute atomic E-state index is 0.170. The molecule has 0 spiro atoms. The number of furan rings is 1. The topological polar surface area (TPSA) is 16.4 Å². The molecule has 3 aliphatic rings. The predicted octanol–water partition coefficient (Wildman–Crippen LogP) is 17.3. The van der Waals surface area contributed by atoms with Gasteiger partial charge in [0.05, 0.1) is 5.69 Å². The summed E-state index contributed by atoms with van der Waals surface area (Å²) in [6.45, 7) is 14.5. The SMILES string of the molecule is CC1(C)c2ccccc2-c2ccc(N(c3ccc(-c4cccc5c4oc4ccccc45)cc3)c3c4c(cc5c3-c3cc(-c6ccccc6)ccc3C5(C)C)C(C)(C)c3ccccc3-4)cc21. The molecule has 2 nitrogen and oxygen atoms in total. The molecule has 0 aliphatic heterocycles. The summed E-state index contributed by atoms with van der Waals surface area (Å²) < 4.78 is 6.58. The molecule has 0 fully saturated rings. The quantitative estimate of drug-likeness (QED) is 0.172. The number of fused-ring (bicyclic) bond motifs is 12. The Hall–Kier alpha value is -7.42. The van der Waals surface area contributed by atoms with E-state index in [0.717, 1.165) is 44.4 Å². The zero-order valence-electron chi connectivity index (χ0n) is 37.8. The summed E-state index contributed by atoms with van der Waals surface area (Å²) >= 11 is 0. The molecule has 0 unspecified atom stereocenters. The zero-order valence-corrected chi connectivity index (χ0v) is 37.8. The highest BCUT2D eigenvalue weighted by molar-refractivity contribution is 6.10. The molecule has 9 aromatic carbocycles. The van der Waals surface area contributed by atoms with Crippen molar-refractivity contribution in [1.29, 1.82) is 0 Å². The minimum Gasteiger partial charge on any atom is -0.455 e. The van der Waals surface area contributed by atoms with E-state index in [9.17, 15) is 0 Å². The molecule has 13 rings (SSSR count). The molecule has 0 saturated carbocycles. The van der Waals surface area contributed by atoms with Crippen LogP contribution in [-0.4, -0.2) is 0 Å². The summed E-state index contributed by atoms with van der Waals surface area (Å²) in [5.74, 6) is 0. The molecule has 0 N–H and O–H groups in total. The average Bonchev–Trinajstić information content (AvgIpc) is 3.98. The molecule has 1 aromatic heterocycles. The van der Waals surface area contributed by atoms with E-state index in [1.165, 1.54) is 83.6 Å². The van der Waals surface area contributed by atoms with Crippen molar-refractivity contribution in [3.05, 3.63) is 221 Å². The van der Waals surface area contributed by atoms with E-state index in [-0.39, 0.29) is 16.2 Å². The van der Waals surface area contributed by atoms with E-state index >= 15 is 0 Å². The van der Waals surface area contributed by atoms with Crippen LogP contribution in [0.4, 0.5) is 17.1 Å². The molecule has 0 radical (unpaired) electrons. The third-order valence-corrected chi connectivity index (χ3v) is 15.5. The highest BCUT2D eigenvalue weighted by Crippen LogP contribution is 2.63. The fourth-order valence-corrected chi connectivity index (χ4v) is 12.1. The van der Waals surface area contributed by atoms with Gasteiger partial charge in [-0.3, -0.25) is 0 Å². The summed E-state index contributed by atoms with van der Waals surface area (Å²) in [7, 11) is 0. The van der Waals surface area contributed by atoms with Gasteiger partial charge in [0.1, 0.15) is 11.2 Å². The second-order valence-electron chi connectivity index (χ2n) is 20.1. The fraction of sp³-hybridized carbons (Fsp3) is 0.143. The zero-order chi connectivity index (χ0) is 44.0. The first kappa shape index (κ1) is 38.1. The molecular formula is C63H49NO. The Morgan fingerprint density at radius 1 is 0.338 bits per heavy atom. The highest BCUT2D eigenvalue weighted by atomic mass is 16.3. The van der Waals surface area contributed by atoms with Crippen LogP contribution in [0.2, 0.25) is 0 Å². The largest absolute Gasteiger partial charge is 0.455 e. The average molecular weight is 836 g/mol. The molecule has 312 valence electrons. The first-order valence-corrected chi connectivity index (χ1v) is 23.1. The maximum atomic E-state index is 6.58. The number of anilines is 3. The van der Waals surface area contributed by atoms with Gasteiger partial charge in [0, 0.05) is 55.1 Å². The Kier molecular flexibility index (Phi) is 7.80. The van der Waals surface area contributed by atoms with Crippen molar-refractivity contribution >= 4 is 39.0 Å². The number of nitrogens with zero attached hydrogens (tertiary/aromatic N) is 1. The first-order chi connectivity index (χ1) is 31.5. The second-order valence-corrected chi connectivity index (χ2v) is 20.1. The van der Waals surface area contributed by atoms with Gasteiger partial charge in [-0.15, -0.1) is 0 Å². The Bertz CT molecular complexity index is 3620. The predicted molar refractivity (Wildman–Crippen MR) is 272 cm³/mol. The normalized spacial score (nSPS) is 15.3. The Morgan fingerprint density at radius 2 is 0.892 bits per heavy atom. The molecule has 2 heteroatoms. The van der Waals surface area contributed by atoms with Gasteiger partial charge in [0.25, 0.3) is 0 Å². The van der Waals surface area contributed by atoms with E-state index in [4.69, 9.17) is 4.42 Å². The monoisotopic (exact) mass is 835 g/mol. The summed E-state index contributed by atoms with van der Waals surface area (Å²) in [5, 5.41) is 2.28. The summed E-state index contributed by atoms with van der Waals surface area (Å²) in [4.78, 5) is 2.61. The highest BCUT2D eigenvalue weighted by Gasteiger charge is 2.46. The molecule has 65 heavy (non-hydrogen) atoms. The lowest BCUT2D eigenvalue weighted by Crippen LogP contribution is -2.21. The van der Waals surface area contributed by atoms with E-state index < -0.39 is 0 Å². The van der Waals surface area contributed by atoms with Crippen LogP contribution < -0.4 is 4.90 Å². The fourth-order valence-electron chi connectivity index (χ4n) is 12.1. The van der Waals surface area contributed by atoms with Gasteiger partial charge in [-0.25, -0.2) is 0 Å². The maximum absolute atomic E-state index is 6.58. The van der Waals surface area contributed by atoms with Gasteiger partial charge < -0.3 is 9.32 Å². The number of rotatable bonds is 5. The summed E-state index contributed by atoms with van der Waals surface area (Å²) in [6, 6.07) is 70.1. The number of benzene rings is 9. The van der Waals surface area contributed by atoms with Gasteiger partial charge in [-0.05, 0) is 109 Å². The number of para-hydroxylation sites is 2. The van der Waals surface area contributed by atoms with Gasteiger partial charge in [-0.1, -0.05) is 193 Å². The summed E-state index contributed by atoms with van der Waals surface area (Å²) in [5.41, 5.74) is 25.5. The van der Waals surface area contributed by atoms with Crippen LogP contribution in [-0.2, 0) is 16.2 Å². The van der Waals surface area contributed by atoms with Crippen LogP contribution in [0.25, 0.3) is 77.6 Å². The molecule has 0 atom stereocenters. The third-order valence-electron chi connectivity index (χ3n) is 15.5. The van der Waals surface area contributed by atoms with E-state index in [0.29, 0.717) is 0 Å². The molecule has 3 aliphatic carbocycles. The Balaban J connectivity index is 1.11. The van der Waals surface area contributed by atoms with E-state index in [1.54, 1.807) is 0 Å². The molecule has 0 amide bonds. The molecule has 1 heterocycles. The van der Waals surface area contributed by atoms with Crippen LogP contribution in [0, 0.1) is 0 Å². The van der Waals surface area contributed by atoms with Crippen LogP contribution in [0.1, 0.15) is 74.9 Å². The molecule has 10 aromatic rings. The third kappa shape index (κ3) is 5.23. The van der Waals surface area contributed by atoms with Crippen molar-refractivity contribution in [2.24, 2.45) is 0 Å². The van der Waals surface area contributed by atoms with Crippen molar-refractivity contribution in [3.63, 3.8) is 0 Å². The van der Waals surface area contributed by atoms with Crippen LogP contribution in [0.3, 0.4) is 0 Å². The second kappa shape index (κ2) is 13.3. The minimum atomic E-state index is -0.239. The summed E-state index contributed by atoms with van der Waals surface area (Å²) in [6.07, 6.45) is 0. The molecule has 0 saturated heterocycles. The maximum Gasteiger partial charge on any atom is 0.143 e. The van der Waals surface area contributed by atoms with E-state index in [2.05, 4.69) is 228 Å². The van der Waals surface area contributed by atoms with Gasteiger partial charge in [0.2, 0.25) is 0 Å². The van der Waals surface area contributed by atoms with Crippen molar-refractivity contribution in [2.75, 3.05) is 4.90 Å². The number of hydrogen-bond acceptors (Lipinski definition) is 2. The van der Waals surface area contributed by atoms with Crippen LogP contribution >= 0.6 is 0 Å². The van der Waals surface area contributed by atoms with E-state index in [1.807, 2.05) is 6.07 Å². The molecule has 0 bridgehead atoms. The van der Waals surface area contributed by atoms with Gasteiger partial charge in [0.15, 0.2) is 0 Å². The lowest BCUT2D eigenvalue weighted by molar-refractivity contribution is 0.639. The van der Waals surface area contributed by atoms with Crippen LogP contribution in [0.5, 0.6) is 0 Å². The van der Waals surface area contributed by atoms with Gasteiger partial charge >= 0.3 is 0 Å². The van der Waals surface area contributed by atoms with Gasteiger partial charge in [-0.2, -0.15) is 0 Å².